The minimum Gasteiger partial charge on any atom is -0.269 e. The molecular formula is C15H17NO2S. The smallest absolute Gasteiger partial charge is 0.264 e. The zero-order valence-electron chi connectivity index (χ0n) is 11.3. The highest BCUT2D eigenvalue weighted by Crippen LogP contribution is 2.23. The molecule has 2 aromatic carbocycles. The lowest BCUT2D eigenvalue weighted by atomic mass is 10.1. The quantitative estimate of drug-likeness (QED) is 0.863. The fourth-order valence-corrected chi connectivity index (χ4v) is 3.22. The van der Waals surface area contributed by atoms with Gasteiger partial charge in [-0.15, -0.1) is 0 Å². The topological polar surface area (TPSA) is 37.4 Å². The summed E-state index contributed by atoms with van der Waals surface area (Å²) in [6.07, 6.45) is 0. The Balaban J connectivity index is 2.46. The second kappa shape index (κ2) is 5.05. The van der Waals surface area contributed by atoms with Crippen LogP contribution in [0.5, 0.6) is 0 Å². The van der Waals surface area contributed by atoms with Crippen LogP contribution in [0.1, 0.15) is 11.1 Å². The third-order valence-electron chi connectivity index (χ3n) is 2.97. The summed E-state index contributed by atoms with van der Waals surface area (Å²) in [5.74, 6) is 0. The Hall–Kier alpha value is -1.81. The van der Waals surface area contributed by atoms with Gasteiger partial charge < -0.3 is 0 Å². The van der Waals surface area contributed by atoms with E-state index in [1.807, 2.05) is 32.0 Å². The van der Waals surface area contributed by atoms with Crippen molar-refractivity contribution in [2.24, 2.45) is 0 Å². The van der Waals surface area contributed by atoms with Crippen molar-refractivity contribution in [1.82, 2.24) is 0 Å². The van der Waals surface area contributed by atoms with Crippen LogP contribution in [0.2, 0.25) is 0 Å². The molecule has 3 nitrogen and oxygen atoms in total. The first-order chi connectivity index (χ1) is 8.91. The van der Waals surface area contributed by atoms with Crippen LogP contribution < -0.4 is 4.31 Å². The van der Waals surface area contributed by atoms with Gasteiger partial charge in [0.2, 0.25) is 0 Å². The van der Waals surface area contributed by atoms with Crippen molar-refractivity contribution in [2.75, 3.05) is 11.4 Å². The Morgan fingerprint density at radius 1 is 0.895 bits per heavy atom. The van der Waals surface area contributed by atoms with Gasteiger partial charge in [0, 0.05) is 7.05 Å². The van der Waals surface area contributed by atoms with Gasteiger partial charge in [0.05, 0.1) is 10.6 Å². The zero-order valence-corrected chi connectivity index (χ0v) is 12.1. The first-order valence-electron chi connectivity index (χ1n) is 6.03. The fourth-order valence-electron chi connectivity index (χ4n) is 2.02. The SMILES string of the molecule is Cc1cc(C)cc(N(C)S(=O)(=O)c2ccccc2)c1. The van der Waals surface area contributed by atoms with Gasteiger partial charge in [-0.1, -0.05) is 24.3 Å². The number of sulfonamides is 1. The Kier molecular flexibility index (Phi) is 3.62. The van der Waals surface area contributed by atoms with Crippen LogP contribution in [0.4, 0.5) is 5.69 Å². The highest BCUT2D eigenvalue weighted by atomic mass is 32.2. The average Bonchev–Trinajstić information content (AvgIpc) is 2.37. The molecule has 0 aliphatic heterocycles. The summed E-state index contributed by atoms with van der Waals surface area (Å²) in [4.78, 5) is 0.302. The normalized spacial score (nSPS) is 11.3. The van der Waals surface area contributed by atoms with E-state index in [0.29, 0.717) is 10.6 Å². The van der Waals surface area contributed by atoms with E-state index in [1.165, 1.54) is 4.31 Å². The minimum atomic E-state index is -3.49. The van der Waals surface area contributed by atoms with Gasteiger partial charge in [0.15, 0.2) is 0 Å². The van der Waals surface area contributed by atoms with Gasteiger partial charge >= 0.3 is 0 Å². The molecule has 0 unspecified atom stereocenters. The second-order valence-electron chi connectivity index (χ2n) is 4.63. The van der Waals surface area contributed by atoms with Gasteiger partial charge in [0.25, 0.3) is 10.0 Å². The Labute approximate surface area is 114 Å². The predicted molar refractivity (Wildman–Crippen MR) is 77.9 cm³/mol. The summed E-state index contributed by atoms with van der Waals surface area (Å²) in [7, 11) is -1.91. The van der Waals surface area contributed by atoms with Crippen molar-refractivity contribution in [3.05, 3.63) is 59.7 Å². The van der Waals surface area contributed by atoms with E-state index in [1.54, 1.807) is 37.4 Å². The van der Waals surface area contributed by atoms with Crippen LogP contribution in [-0.4, -0.2) is 15.5 Å². The monoisotopic (exact) mass is 275 g/mol. The first kappa shape index (κ1) is 13.6. The molecule has 0 spiro atoms. The Bertz CT molecular complexity index is 658. The second-order valence-corrected chi connectivity index (χ2v) is 6.60. The maximum Gasteiger partial charge on any atom is 0.264 e. The maximum atomic E-state index is 12.5. The molecule has 0 aromatic heterocycles. The lowest BCUT2D eigenvalue weighted by Crippen LogP contribution is -2.26. The van der Waals surface area contributed by atoms with E-state index < -0.39 is 10.0 Å². The molecule has 0 N–H and O–H groups in total. The molecule has 0 aliphatic carbocycles. The van der Waals surface area contributed by atoms with Gasteiger partial charge in [-0.2, -0.15) is 0 Å². The van der Waals surface area contributed by atoms with E-state index in [2.05, 4.69) is 0 Å². The fraction of sp³-hybridized carbons (Fsp3) is 0.200. The van der Waals surface area contributed by atoms with E-state index in [4.69, 9.17) is 0 Å². The number of nitrogens with zero attached hydrogens (tertiary/aromatic N) is 1. The lowest BCUT2D eigenvalue weighted by molar-refractivity contribution is 0.594. The molecule has 0 amide bonds. The molecule has 4 heteroatoms. The molecule has 0 heterocycles. The van der Waals surface area contributed by atoms with Crippen LogP contribution in [0, 0.1) is 13.8 Å². The molecule has 2 rings (SSSR count). The number of hydrogen-bond donors (Lipinski definition) is 0. The van der Waals surface area contributed by atoms with Gasteiger partial charge in [-0.05, 0) is 49.2 Å². The summed E-state index contributed by atoms with van der Waals surface area (Å²) >= 11 is 0. The molecule has 0 aliphatic rings. The molecule has 0 saturated carbocycles. The van der Waals surface area contributed by atoms with Gasteiger partial charge in [-0.25, -0.2) is 8.42 Å². The third-order valence-corrected chi connectivity index (χ3v) is 4.77. The lowest BCUT2D eigenvalue weighted by Gasteiger charge is -2.20. The highest BCUT2D eigenvalue weighted by Gasteiger charge is 2.20. The van der Waals surface area contributed by atoms with Crippen LogP contribution in [0.15, 0.2) is 53.4 Å². The van der Waals surface area contributed by atoms with E-state index >= 15 is 0 Å². The van der Waals surface area contributed by atoms with Crippen molar-refractivity contribution in [2.45, 2.75) is 18.7 Å². The predicted octanol–water partition coefficient (Wildman–Crippen LogP) is 3.13. The largest absolute Gasteiger partial charge is 0.269 e. The van der Waals surface area contributed by atoms with Crippen molar-refractivity contribution >= 4 is 15.7 Å². The summed E-state index contributed by atoms with van der Waals surface area (Å²) in [6, 6.07) is 14.2. The molecule has 2 aromatic rings. The maximum absolute atomic E-state index is 12.5. The van der Waals surface area contributed by atoms with E-state index in [0.717, 1.165) is 11.1 Å². The summed E-state index contributed by atoms with van der Waals surface area (Å²) in [5, 5.41) is 0. The average molecular weight is 275 g/mol. The van der Waals surface area contributed by atoms with E-state index in [-0.39, 0.29) is 0 Å². The molecule has 100 valence electrons. The molecule has 0 bridgehead atoms. The van der Waals surface area contributed by atoms with Crippen LogP contribution >= 0.6 is 0 Å². The molecule has 0 atom stereocenters. The van der Waals surface area contributed by atoms with Crippen molar-refractivity contribution in [3.63, 3.8) is 0 Å². The molecular weight excluding hydrogens is 258 g/mol. The Morgan fingerprint density at radius 2 is 1.42 bits per heavy atom. The number of hydrogen-bond acceptors (Lipinski definition) is 2. The van der Waals surface area contributed by atoms with Crippen molar-refractivity contribution in [3.8, 4) is 0 Å². The summed E-state index contributed by atoms with van der Waals surface area (Å²) in [6.45, 7) is 3.92. The van der Waals surface area contributed by atoms with E-state index in [9.17, 15) is 8.42 Å². The van der Waals surface area contributed by atoms with Crippen LogP contribution in [0.3, 0.4) is 0 Å². The van der Waals surface area contributed by atoms with Crippen molar-refractivity contribution in [1.29, 1.82) is 0 Å². The van der Waals surface area contributed by atoms with Gasteiger partial charge in [0.1, 0.15) is 0 Å². The minimum absolute atomic E-state index is 0.302. The first-order valence-corrected chi connectivity index (χ1v) is 7.47. The van der Waals surface area contributed by atoms with Crippen LogP contribution in [-0.2, 0) is 10.0 Å². The van der Waals surface area contributed by atoms with Gasteiger partial charge in [-0.3, -0.25) is 4.31 Å². The van der Waals surface area contributed by atoms with Crippen LogP contribution in [0.25, 0.3) is 0 Å². The number of rotatable bonds is 3. The number of aryl methyl sites for hydroxylation is 2. The molecule has 19 heavy (non-hydrogen) atoms. The highest BCUT2D eigenvalue weighted by molar-refractivity contribution is 7.92. The molecule has 0 saturated heterocycles. The molecule has 0 fully saturated rings. The zero-order chi connectivity index (χ0) is 14.0. The molecule has 0 radical (unpaired) electrons. The Morgan fingerprint density at radius 3 is 1.95 bits per heavy atom. The number of benzene rings is 2. The standard InChI is InChI=1S/C15H17NO2S/c1-12-9-13(2)11-14(10-12)16(3)19(17,18)15-7-5-4-6-8-15/h4-11H,1-3H3. The third kappa shape index (κ3) is 2.79. The summed E-state index contributed by atoms with van der Waals surface area (Å²) < 4.78 is 26.3. The summed E-state index contributed by atoms with van der Waals surface area (Å²) in [5.41, 5.74) is 2.77. The van der Waals surface area contributed by atoms with Crippen molar-refractivity contribution < 1.29 is 8.42 Å². The number of anilines is 1.